The average molecular weight is 568 g/mol. The number of halogens is 2. The molecule has 0 bridgehead atoms. The normalized spacial score (nSPS) is 12.0. The molecule has 220 valence electrons. The third kappa shape index (κ3) is 10.7. The van der Waals surface area contributed by atoms with E-state index in [4.69, 9.17) is 14.2 Å². The monoisotopic (exact) mass is 567 g/mol. The number of anilines is 1. The van der Waals surface area contributed by atoms with E-state index in [1.54, 1.807) is 38.1 Å². The number of hydrogen-bond acceptors (Lipinski definition) is 7. The highest BCUT2D eigenvalue weighted by molar-refractivity contribution is 5.89. The van der Waals surface area contributed by atoms with Gasteiger partial charge >= 0.3 is 12.0 Å². The van der Waals surface area contributed by atoms with Gasteiger partial charge in [-0.15, -0.1) is 0 Å². The molecule has 11 nitrogen and oxygen atoms in total. The van der Waals surface area contributed by atoms with Crippen molar-refractivity contribution in [2.75, 3.05) is 44.8 Å². The molecule has 0 saturated heterocycles. The Morgan fingerprint density at radius 1 is 1.12 bits per heavy atom. The molecule has 1 unspecified atom stereocenters. The second kappa shape index (κ2) is 15.7. The van der Waals surface area contributed by atoms with Crippen molar-refractivity contribution in [1.82, 2.24) is 4.90 Å². The van der Waals surface area contributed by atoms with Gasteiger partial charge in [-0.05, 0) is 37.6 Å². The summed E-state index contributed by atoms with van der Waals surface area (Å²) in [7, 11) is 0. The zero-order chi connectivity index (χ0) is 29.7. The van der Waals surface area contributed by atoms with Crippen LogP contribution in [-0.2, 0) is 20.7 Å². The molecule has 0 fully saturated rings. The van der Waals surface area contributed by atoms with Crippen molar-refractivity contribution in [1.29, 1.82) is 0 Å². The summed E-state index contributed by atoms with van der Waals surface area (Å²) in [4.78, 5) is 36.2. The quantitative estimate of drug-likeness (QED) is 0.156. The smallest absolute Gasteiger partial charge is 0.333 e. The standard InChI is InChI=1S/C27H35F2N3O8/c1-4-27(28,29)18-38-14-12-31(26(35)30-21-9-6-19(3)23(17-21)32(36)37)13-15-40-22-10-7-20(8-11-22)16-24(25(33)34)39-5-2/h6-11,17,24H,4-5,12-16,18H2,1-3H3,(H,30,35)(H,33,34). The molecule has 1 atom stereocenters. The van der Waals surface area contributed by atoms with Crippen molar-refractivity contribution in [3.05, 3.63) is 63.7 Å². The minimum absolute atomic E-state index is 0.0319. The zero-order valence-corrected chi connectivity index (χ0v) is 22.7. The maximum Gasteiger partial charge on any atom is 0.333 e. The minimum atomic E-state index is -2.98. The summed E-state index contributed by atoms with van der Waals surface area (Å²) < 4.78 is 43.0. The van der Waals surface area contributed by atoms with E-state index < -0.39 is 35.6 Å². The summed E-state index contributed by atoms with van der Waals surface area (Å²) in [5.74, 6) is -3.56. The Balaban J connectivity index is 2.01. The maximum atomic E-state index is 13.5. The van der Waals surface area contributed by atoms with Gasteiger partial charge in [0.25, 0.3) is 11.6 Å². The van der Waals surface area contributed by atoms with Gasteiger partial charge in [-0.25, -0.2) is 18.4 Å². The predicted molar refractivity (Wildman–Crippen MR) is 143 cm³/mol. The lowest BCUT2D eigenvalue weighted by molar-refractivity contribution is -0.385. The van der Waals surface area contributed by atoms with Crippen LogP contribution in [0.3, 0.4) is 0 Å². The number of nitrogens with zero attached hydrogens (tertiary/aromatic N) is 2. The number of carboxylic acid groups (broad SMARTS) is 1. The number of alkyl halides is 2. The van der Waals surface area contributed by atoms with Crippen molar-refractivity contribution < 1.29 is 42.6 Å². The Morgan fingerprint density at radius 3 is 2.40 bits per heavy atom. The highest BCUT2D eigenvalue weighted by atomic mass is 19.3. The highest BCUT2D eigenvalue weighted by Crippen LogP contribution is 2.23. The number of hydrogen-bond donors (Lipinski definition) is 2. The molecule has 0 saturated carbocycles. The molecule has 40 heavy (non-hydrogen) atoms. The van der Waals surface area contributed by atoms with Crippen LogP contribution in [0.5, 0.6) is 5.75 Å². The van der Waals surface area contributed by atoms with Crippen molar-refractivity contribution in [3.63, 3.8) is 0 Å². The molecule has 0 radical (unpaired) electrons. The topological polar surface area (TPSA) is 140 Å². The van der Waals surface area contributed by atoms with E-state index in [1.807, 2.05) is 0 Å². The molecule has 13 heteroatoms. The first kappa shape index (κ1) is 32.4. The number of benzene rings is 2. The average Bonchev–Trinajstić information content (AvgIpc) is 2.91. The molecule has 0 aromatic heterocycles. The fraction of sp³-hybridized carbons (Fsp3) is 0.481. The van der Waals surface area contributed by atoms with E-state index >= 15 is 0 Å². The number of ether oxygens (including phenoxy) is 3. The molecule has 0 spiro atoms. The van der Waals surface area contributed by atoms with Crippen LogP contribution >= 0.6 is 0 Å². The van der Waals surface area contributed by atoms with Crippen molar-refractivity contribution in [2.45, 2.75) is 45.6 Å². The summed E-state index contributed by atoms with van der Waals surface area (Å²) >= 11 is 0. The predicted octanol–water partition coefficient (Wildman–Crippen LogP) is 4.91. The molecule has 2 amide bonds. The van der Waals surface area contributed by atoms with Crippen LogP contribution < -0.4 is 10.1 Å². The molecule has 0 aliphatic carbocycles. The number of urea groups is 1. The first-order valence-corrected chi connectivity index (χ1v) is 12.8. The van der Waals surface area contributed by atoms with E-state index in [9.17, 15) is 33.6 Å². The summed E-state index contributed by atoms with van der Waals surface area (Å²) in [6.07, 6.45) is -1.15. The van der Waals surface area contributed by atoms with E-state index in [2.05, 4.69) is 5.32 Å². The van der Waals surface area contributed by atoms with Crippen LogP contribution in [0, 0.1) is 17.0 Å². The highest BCUT2D eigenvalue weighted by Gasteiger charge is 2.26. The molecule has 2 N–H and O–H groups in total. The molecule has 0 aliphatic heterocycles. The first-order valence-electron chi connectivity index (χ1n) is 12.8. The van der Waals surface area contributed by atoms with Gasteiger partial charge in [0.2, 0.25) is 0 Å². The zero-order valence-electron chi connectivity index (χ0n) is 22.7. The van der Waals surface area contributed by atoms with Crippen LogP contribution in [0.1, 0.15) is 31.4 Å². The molecule has 2 rings (SSSR count). The van der Waals surface area contributed by atoms with Crippen LogP contribution in [0.2, 0.25) is 0 Å². The fourth-order valence-corrected chi connectivity index (χ4v) is 3.53. The number of nitro groups is 1. The van der Waals surface area contributed by atoms with E-state index in [0.717, 1.165) is 5.56 Å². The van der Waals surface area contributed by atoms with Gasteiger partial charge in [0, 0.05) is 43.3 Å². The second-order valence-corrected chi connectivity index (χ2v) is 8.92. The van der Waals surface area contributed by atoms with E-state index in [1.165, 1.54) is 30.0 Å². The van der Waals surface area contributed by atoms with Crippen LogP contribution in [0.25, 0.3) is 0 Å². The summed E-state index contributed by atoms with van der Waals surface area (Å²) in [5.41, 5.74) is 1.22. The Labute approximate surface area is 231 Å². The SMILES string of the molecule is CCOC(Cc1ccc(OCCN(CCOCC(F)(F)CC)C(=O)Nc2ccc(C)c([N+](=O)[O-])c2)cc1)C(=O)O. The molecule has 0 aliphatic rings. The number of nitrogens with one attached hydrogen (secondary N) is 1. The number of carbonyl (C=O) groups is 2. The third-order valence-electron chi connectivity index (χ3n) is 5.90. The fourth-order valence-electron chi connectivity index (χ4n) is 3.53. The molecule has 2 aromatic carbocycles. The summed E-state index contributed by atoms with van der Waals surface area (Å²) in [6.45, 7) is 4.04. The Bertz CT molecular complexity index is 1130. The lowest BCUT2D eigenvalue weighted by Gasteiger charge is -2.24. The Morgan fingerprint density at radius 2 is 1.80 bits per heavy atom. The van der Waals surface area contributed by atoms with Crippen molar-refractivity contribution in [3.8, 4) is 5.75 Å². The Kier molecular flexibility index (Phi) is 12.7. The number of rotatable bonds is 17. The first-order chi connectivity index (χ1) is 19.0. The number of aliphatic carboxylic acids is 1. The van der Waals surface area contributed by atoms with Gasteiger partial charge < -0.3 is 29.5 Å². The number of amides is 2. The number of aryl methyl sites for hydroxylation is 1. The van der Waals surface area contributed by atoms with Crippen LogP contribution in [0.4, 0.5) is 25.0 Å². The summed E-state index contributed by atoms with van der Waals surface area (Å²) in [5, 5.41) is 23.1. The van der Waals surface area contributed by atoms with Crippen molar-refractivity contribution in [2.24, 2.45) is 0 Å². The second-order valence-electron chi connectivity index (χ2n) is 8.92. The molecular weight excluding hydrogens is 532 g/mol. The minimum Gasteiger partial charge on any atom is -0.492 e. The van der Waals surface area contributed by atoms with Gasteiger partial charge in [-0.1, -0.05) is 25.1 Å². The third-order valence-corrected chi connectivity index (χ3v) is 5.90. The molecule has 0 heterocycles. The summed E-state index contributed by atoms with van der Waals surface area (Å²) in [6, 6.07) is 10.4. The van der Waals surface area contributed by atoms with Crippen LogP contribution in [0.15, 0.2) is 42.5 Å². The van der Waals surface area contributed by atoms with Gasteiger partial charge in [0.05, 0.1) is 18.1 Å². The Hall–Kier alpha value is -3.84. The van der Waals surface area contributed by atoms with Crippen LogP contribution in [-0.4, -0.2) is 78.5 Å². The molecule has 2 aromatic rings. The maximum absolute atomic E-state index is 13.5. The largest absolute Gasteiger partial charge is 0.492 e. The van der Waals surface area contributed by atoms with Gasteiger partial charge in [0.1, 0.15) is 19.0 Å². The van der Waals surface area contributed by atoms with Gasteiger partial charge in [-0.3, -0.25) is 10.1 Å². The molecular formula is C27H35F2N3O8. The number of nitro benzene ring substituents is 1. The van der Waals surface area contributed by atoms with Gasteiger partial charge in [0.15, 0.2) is 6.10 Å². The van der Waals surface area contributed by atoms with E-state index in [-0.39, 0.29) is 57.1 Å². The number of carbonyl (C=O) groups excluding carboxylic acids is 1. The van der Waals surface area contributed by atoms with Crippen molar-refractivity contribution >= 4 is 23.4 Å². The van der Waals surface area contributed by atoms with Gasteiger partial charge in [-0.2, -0.15) is 0 Å². The lowest BCUT2D eigenvalue weighted by Crippen LogP contribution is -2.40. The lowest BCUT2D eigenvalue weighted by atomic mass is 10.1. The number of carboxylic acids is 1. The van der Waals surface area contributed by atoms with E-state index in [0.29, 0.717) is 11.3 Å².